The van der Waals surface area contributed by atoms with Gasteiger partial charge in [-0.15, -0.1) is 11.3 Å². The lowest BCUT2D eigenvalue weighted by molar-refractivity contribution is 0.585. The number of nitrogen functional groups attached to an aromatic ring is 1. The van der Waals surface area contributed by atoms with Gasteiger partial charge >= 0.3 is 0 Å². The zero-order valence-corrected chi connectivity index (χ0v) is 13.4. The average Bonchev–Trinajstić information content (AvgIpc) is 2.67. The van der Waals surface area contributed by atoms with Gasteiger partial charge in [0, 0.05) is 6.07 Å². The van der Waals surface area contributed by atoms with E-state index in [1.807, 2.05) is 4.72 Å². The van der Waals surface area contributed by atoms with Crippen molar-refractivity contribution in [3.05, 3.63) is 38.6 Å². The van der Waals surface area contributed by atoms with E-state index in [-0.39, 0.29) is 14.9 Å². The number of rotatable bonds is 3. The fourth-order valence-corrected chi connectivity index (χ4v) is 4.75. The smallest absolute Gasteiger partial charge is 0.271 e. The molecule has 10 heteroatoms. The summed E-state index contributed by atoms with van der Waals surface area (Å²) in [5.41, 5.74) is 4.47. The van der Waals surface area contributed by atoms with E-state index < -0.39 is 27.3 Å². The summed E-state index contributed by atoms with van der Waals surface area (Å²) < 4.78 is 52.9. The van der Waals surface area contributed by atoms with Crippen LogP contribution >= 0.6 is 38.9 Å². The maximum absolute atomic E-state index is 13.5. The zero-order valence-electron chi connectivity index (χ0n) is 9.45. The first kappa shape index (κ1) is 15.5. The molecule has 0 atom stereocenters. The van der Waals surface area contributed by atoms with Gasteiger partial charge in [-0.25, -0.2) is 17.2 Å². The quantitative estimate of drug-likeness (QED) is 0.765. The second kappa shape index (κ2) is 5.47. The Morgan fingerprint density at radius 1 is 1.25 bits per heavy atom. The van der Waals surface area contributed by atoms with E-state index in [1.54, 1.807) is 0 Å². The summed E-state index contributed by atoms with van der Waals surface area (Å²) >= 11 is 9.68. The van der Waals surface area contributed by atoms with Gasteiger partial charge in [-0.3, -0.25) is 4.72 Å². The maximum Gasteiger partial charge on any atom is 0.271 e. The highest BCUT2D eigenvalue weighted by Gasteiger charge is 2.21. The molecule has 2 aromatic rings. The van der Waals surface area contributed by atoms with E-state index in [0.29, 0.717) is 9.85 Å². The van der Waals surface area contributed by atoms with Gasteiger partial charge in [-0.1, -0.05) is 11.6 Å². The van der Waals surface area contributed by atoms with Gasteiger partial charge in [0.1, 0.15) is 15.8 Å². The van der Waals surface area contributed by atoms with Crippen LogP contribution in [0.3, 0.4) is 0 Å². The molecule has 0 spiro atoms. The molecule has 0 saturated carbocycles. The van der Waals surface area contributed by atoms with Gasteiger partial charge < -0.3 is 5.73 Å². The molecule has 0 aliphatic heterocycles. The highest BCUT2D eigenvalue weighted by atomic mass is 79.9. The van der Waals surface area contributed by atoms with Crippen molar-refractivity contribution in [3.63, 3.8) is 0 Å². The van der Waals surface area contributed by atoms with Crippen molar-refractivity contribution >= 4 is 60.3 Å². The Balaban J connectivity index is 2.40. The molecule has 2 rings (SSSR count). The molecule has 1 aromatic carbocycles. The molecule has 0 bridgehead atoms. The molecule has 1 aromatic heterocycles. The van der Waals surface area contributed by atoms with Crippen LogP contribution in [0.1, 0.15) is 0 Å². The van der Waals surface area contributed by atoms with Gasteiger partial charge in [0.25, 0.3) is 10.0 Å². The van der Waals surface area contributed by atoms with Crippen molar-refractivity contribution in [1.29, 1.82) is 0 Å². The Morgan fingerprint density at radius 3 is 2.45 bits per heavy atom. The average molecular weight is 404 g/mol. The van der Waals surface area contributed by atoms with Crippen LogP contribution < -0.4 is 10.5 Å². The Bertz CT molecular complexity index is 760. The van der Waals surface area contributed by atoms with Crippen LogP contribution in [0, 0.1) is 11.6 Å². The number of thiophene rings is 1. The molecule has 0 unspecified atom stereocenters. The minimum absolute atomic E-state index is 0.114. The lowest BCUT2D eigenvalue weighted by atomic mass is 10.2. The molecule has 0 radical (unpaired) electrons. The molecular weight excluding hydrogens is 398 g/mol. The summed E-state index contributed by atoms with van der Waals surface area (Å²) in [6.07, 6.45) is 0. The number of sulfonamides is 1. The topological polar surface area (TPSA) is 72.2 Å². The third-order valence-corrected chi connectivity index (χ3v) is 6.53. The molecule has 3 N–H and O–H groups in total. The van der Waals surface area contributed by atoms with Gasteiger partial charge in [0.2, 0.25) is 0 Å². The number of nitrogens with two attached hydrogens (primary N) is 1. The van der Waals surface area contributed by atoms with E-state index >= 15 is 0 Å². The highest BCUT2D eigenvalue weighted by Crippen LogP contribution is 2.35. The molecule has 4 nitrogen and oxygen atoms in total. The largest absolute Gasteiger partial charge is 0.396 e. The number of hydrogen-bond acceptors (Lipinski definition) is 4. The van der Waals surface area contributed by atoms with Crippen molar-refractivity contribution in [1.82, 2.24) is 0 Å². The van der Waals surface area contributed by atoms with Crippen LogP contribution in [0.5, 0.6) is 0 Å². The van der Waals surface area contributed by atoms with Crippen molar-refractivity contribution in [2.75, 3.05) is 10.5 Å². The summed E-state index contributed by atoms with van der Waals surface area (Å²) in [6, 6.07) is 2.58. The van der Waals surface area contributed by atoms with Crippen molar-refractivity contribution < 1.29 is 17.2 Å². The van der Waals surface area contributed by atoms with E-state index in [1.165, 1.54) is 6.07 Å². The van der Waals surface area contributed by atoms with Gasteiger partial charge in [0.05, 0.1) is 20.2 Å². The molecule has 1 heterocycles. The van der Waals surface area contributed by atoms with Gasteiger partial charge in [0.15, 0.2) is 0 Å². The number of anilines is 2. The second-order valence-electron chi connectivity index (χ2n) is 3.65. The molecule has 0 aliphatic carbocycles. The molecule has 20 heavy (non-hydrogen) atoms. The Labute approximate surface area is 130 Å². The van der Waals surface area contributed by atoms with E-state index in [0.717, 1.165) is 17.4 Å². The summed E-state index contributed by atoms with van der Waals surface area (Å²) in [4.78, 5) is 0. The fourth-order valence-electron chi connectivity index (χ4n) is 1.30. The molecule has 108 valence electrons. The monoisotopic (exact) mass is 402 g/mol. The van der Waals surface area contributed by atoms with Crippen LogP contribution in [-0.4, -0.2) is 8.42 Å². The molecule has 0 fully saturated rings. The normalized spacial score (nSPS) is 11.6. The van der Waals surface area contributed by atoms with Crippen LogP contribution in [0.4, 0.5) is 20.2 Å². The molecule has 0 aliphatic rings. The Morgan fingerprint density at radius 2 is 1.90 bits per heavy atom. The first-order valence-electron chi connectivity index (χ1n) is 4.93. The summed E-state index contributed by atoms with van der Waals surface area (Å²) in [5, 5.41) is 0.217. The lowest BCUT2D eigenvalue weighted by Crippen LogP contribution is -2.13. The van der Waals surface area contributed by atoms with E-state index in [2.05, 4.69) is 15.9 Å². The van der Waals surface area contributed by atoms with Gasteiger partial charge in [-0.2, -0.15) is 0 Å². The Hall–Kier alpha value is -0.900. The van der Waals surface area contributed by atoms with Crippen molar-refractivity contribution in [2.45, 2.75) is 4.21 Å². The molecular formula is C10H6BrClF2N2O2S2. The second-order valence-corrected chi connectivity index (χ2v) is 8.33. The van der Waals surface area contributed by atoms with Crippen LogP contribution in [0.25, 0.3) is 0 Å². The van der Waals surface area contributed by atoms with E-state index in [9.17, 15) is 17.2 Å². The predicted molar refractivity (Wildman–Crippen MR) is 78.6 cm³/mol. The first-order chi connectivity index (χ1) is 9.20. The van der Waals surface area contributed by atoms with E-state index in [4.69, 9.17) is 17.3 Å². The van der Waals surface area contributed by atoms with Gasteiger partial charge in [-0.05, 0) is 28.1 Å². The van der Waals surface area contributed by atoms with Crippen LogP contribution in [0.15, 0.2) is 26.2 Å². The Kier molecular flexibility index (Phi) is 4.24. The summed E-state index contributed by atoms with van der Waals surface area (Å²) in [6.45, 7) is 0. The number of benzene rings is 1. The summed E-state index contributed by atoms with van der Waals surface area (Å²) in [5.74, 6) is -2.03. The van der Waals surface area contributed by atoms with Crippen molar-refractivity contribution in [3.8, 4) is 0 Å². The third kappa shape index (κ3) is 3.05. The number of hydrogen-bond donors (Lipinski definition) is 2. The van der Waals surface area contributed by atoms with Crippen molar-refractivity contribution in [2.24, 2.45) is 0 Å². The first-order valence-corrected chi connectivity index (χ1v) is 8.40. The zero-order chi connectivity index (χ0) is 15.1. The fraction of sp³-hybridized carbons (Fsp3) is 0. The highest BCUT2D eigenvalue weighted by molar-refractivity contribution is 9.11. The minimum atomic E-state index is -4.03. The maximum atomic E-state index is 13.5. The summed E-state index contributed by atoms with van der Waals surface area (Å²) in [7, 11) is -4.03. The number of halogens is 4. The minimum Gasteiger partial charge on any atom is -0.396 e. The SMILES string of the molecule is Nc1cc(NS(=O)(=O)c2cc(Cl)c(Br)s2)c(F)cc1F. The van der Waals surface area contributed by atoms with Crippen LogP contribution in [-0.2, 0) is 10.0 Å². The predicted octanol–water partition coefficient (Wildman–Crippen LogP) is 3.83. The molecule has 0 amide bonds. The third-order valence-electron chi connectivity index (χ3n) is 2.22. The van der Waals surface area contributed by atoms with Crippen LogP contribution in [0.2, 0.25) is 5.02 Å². The molecule has 0 saturated heterocycles. The standard InChI is InChI=1S/C10H6BrClF2N2O2S2/c11-10-4(12)1-9(19-10)20(17,18)16-8-3-7(15)5(13)2-6(8)14/h1-3,16H,15H2. The lowest BCUT2D eigenvalue weighted by Gasteiger charge is -2.08. The number of nitrogens with one attached hydrogen (secondary N) is 1.